The minimum absolute atomic E-state index is 0.187. The van der Waals surface area contributed by atoms with Gasteiger partial charge in [-0.3, -0.25) is 9.59 Å². The first-order chi connectivity index (χ1) is 10.1. The summed E-state index contributed by atoms with van der Waals surface area (Å²) in [5, 5.41) is 3.18. The third-order valence-electron chi connectivity index (χ3n) is 5.83. The third-order valence-corrected chi connectivity index (χ3v) is 5.83. The van der Waals surface area contributed by atoms with E-state index in [1.54, 1.807) is 6.20 Å². The van der Waals surface area contributed by atoms with Gasteiger partial charge < -0.3 is 10.3 Å². The van der Waals surface area contributed by atoms with Crippen molar-refractivity contribution in [3.8, 4) is 0 Å². The first-order valence-electron chi connectivity index (χ1n) is 8.10. The van der Waals surface area contributed by atoms with Gasteiger partial charge in [0.2, 0.25) is 0 Å². The zero-order valence-corrected chi connectivity index (χ0v) is 12.4. The molecule has 0 saturated heterocycles. The number of amides is 1. The van der Waals surface area contributed by atoms with Crippen molar-refractivity contribution in [3.05, 3.63) is 33.7 Å². The third kappa shape index (κ3) is 2.21. The molecule has 1 aromatic heterocycles. The zero-order valence-electron chi connectivity index (χ0n) is 12.4. The van der Waals surface area contributed by atoms with Crippen LogP contribution in [0.5, 0.6) is 0 Å². The molecule has 4 aliphatic rings. The van der Waals surface area contributed by atoms with Crippen LogP contribution in [0.25, 0.3) is 0 Å². The summed E-state index contributed by atoms with van der Waals surface area (Å²) < 4.78 is 0. The predicted octanol–water partition coefficient (Wildman–Crippen LogP) is 2.24. The summed E-state index contributed by atoms with van der Waals surface area (Å²) in [6.07, 6.45) is 8.02. The fourth-order valence-corrected chi connectivity index (χ4v) is 5.14. The Balaban J connectivity index is 1.53. The standard InChI is InChI=1S/C17H22N2O2/c1-9-2-15(20)14(8-18-9)17(21)19-16-12-4-10-3-11(6-12)7-13(16)5-10/h2,8,10-13,16H,3-7H2,1H3,(H,18,20)(H,19,21). The monoisotopic (exact) mass is 286 g/mol. The smallest absolute Gasteiger partial charge is 0.256 e. The number of hydrogen-bond acceptors (Lipinski definition) is 2. The van der Waals surface area contributed by atoms with Gasteiger partial charge in [-0.15, -0.1) is 0 Å². The number of H-pyrrole nitrogens is 1. The molecule has 4 fully saturated rings. The molecule has 0 radical (unpaired) electrons. The Kier molecular flexibility index (Phi) is 2.95. The van der Waals surface area contributed by atoms with E-state index in [2.05, 4.69) is 10.3 Å². The van der Waals surface area contributed by atoms with Crippen LogP contribution in [-0.4, -0.2) is 16.9 Å². The van der Waals surface area contributed by atoms with Crippen molar-refractivity contribution in [2.75, 3.05) is 0 Å². The Morgan fingerprint density at radius 1 is 1.14 bits per heavy atom. The van der Waals surface area contributed by atoms with E-state index in [-0.39, 0.29) is 22.9 Å². The van der Waals surface area contributed by atoms with Crippen LogP contribution in [0.15, 0.2) is 17.1 Å². The second-order valence-electron chi connectivity index (χ2n) is 7.32. The largest absolute Gasteiger partial charge is 0.364 e. The van der Waals surface area contributed by atoms with Crippen molar-refractivity contribution in [3.63, 3.8) is 0 Å². The van der Waals surface area contributed by atoms with Crippen molar-refractivity contribution in [2.24, 2.45) is 23.7 Å². The van der Waals surface area contributed by atoms with E-state index in [9.17, 15) is 9.59 Å². The lowest BCUT2D eigenvalue weighted by molar-refractivity contribution is -0.0119. The van der Waals surface area contributed by atoms with E-state index in [4.69, 9.17) is 0 Å². The molecule has 4 saturated carbocycles. The summed E-state index contributed by atoms with van der Waals surface area (Å²) in [4.78, 5) is 27.3. The lowest BCUT2D eigenvalue weighted by Crippen LogP contribution is -2.56. The van der Waals surface area contributed by atoms with Gasteiger partial charge in [0.25, 0.3) is 5.91 Å². The van der Waals surface area contributed by atoms with Gasteiger partial charge in [0, 0.05) is 24.0 Å². The Hall–Kier alpha value is -1.58. The molecule has 21 heavy (non-hydrogen) atoms. The van der Waals surface area contributed by atoms with Gasteiger partial charge in [0.15, 0.2) is 5.43 Å². The average Bonchev–Trinajstić information content (AvgIpc) is 2.41. The van der Waals surface area contributed by atoms with E-state index in [1.807, 2.05) is 6.92 Å². The Morgan fingerprint density at radius 3 is 2.33 bits per heavy atom. The van der Waals surface area contributed by atoms with Crippen LogP contribution in [0.4, 0.5) is 0 Å². The van der Waals surface area contributed by atoms with Crippen LogP contribution in [0.2, 0.25) is 0 Å². The summed E-state index contributed by atoms with van der Waals surface area (Å²) in [6, 6.07) is 1.78. The lowest BCUT2D eigenvalue weighted by Gasteiger charge is -2.54. The van der Waals surface area contributed by atoms with Crippen molar-refractivity contribution < 1.29 is 4.79 Å². The highest BCUT2D eigenvalue weighted by atomic mass is 16.2. The number of rotatable bonds is 2. The second kappa shape index (κ2) is 4.72. The fourth-order valence-electron chi connectivity index (χ4n) is 5.14. The normalized spacial score (nSPS) is 36.7. The Labute approximate surface area is 124 Å². The van der Waals surface area contributed by atoms with Crippen LogP contribution in [0.3, 0.4) is 0 Å². The van der Waals surface area contributed by atoms with E-state index in [1.165, 1.54) is 38.2 Å². The maximum Gasteiger partial charge on any atom is 0.256 e. The SMILES string of the molecule is Cc1cc(=O)c(C(=O)NC2C3CC4CC(C3)CC2C4)c[nH]1. The molecule has 5 rings (SSSR count). The van der Waals surface area contributed by atoms with E-state index in [0.29, 0.717) is 11.8 Å². The van der Waals surface area contributed by atoms with Crippen molar-refractivity contribution in [1.82, 2.24) is 10.3 Å². The summed E-state index contributed by atoms with van der Waals surface area (Å²) in [6.45, 7) is 1.82. The number of aromatic nitrogens is 1. The highest BCUT2D eigenvalue weighted by molar-refractivity contribution is 5.94. The molecular formula is C17H22N2O2. The van der Waals surface area contributed by atoms with Gasteiger partial charge in [-0.25, -0.2) is 0 Å². The Bertz CT molecular complexity index is 606. The number of aryl methyl sites for hydroxylation is 1. The molecule has 4 heteroatoms. The molecule has 2 N–H and O–H groups in total. The number of carbonyl (C=O) groups excluding carboxylic acids is 1. The van der Waals surface area contributed by atoms with Gasteiger partial charge in [-0.1, -0.05) is 0 Å². The molecule has 0 aromatic carbocycles. The van der Waals surface area contributed by atoms with Crippen molar-refractivity contribution in [1.29, 1.82) is 0 Å². The molecule has 4 nitrogen and oxygen atoms in total. The molecule has 0 aliphatic heterocycles. The molecule has 1 amide bonds. The second-order valence-corrected chi connectivity index (χ2v) is 7.32. The number of carbonyl (C=O) groups is 1. The summed E-state index contributed by atoms with van der Waals surface area (Å²) in [5.74, 6) is 2.85. The minimum atomic E-state index is -0.200. The topological polar surface area (TPSA) is 62.0 Å². The first-order valence-corrected chi connectivity index (χ1v) is 8.10. The molecule has 4 bridgehead atoms. The van der Waals surface area contributed by atoms with Crippen LogP contribution >= 0.6 is 0 Å². The van der Waals surface area contributed by atoms with Gasteiger partial charge in [0.1, 0.15) is 5.56 Å². The fraction of sp³-hybridized carbons (Fsp3) is 0.647. The van der Waals surface area contributed by atoms with Crippen LogP contribution in [0.1, 0.15) is 48.2 Å². The Morgan fingerprint density at radius 2 is 1.76 bits per heavy atom. The van der Waals surface area contributed by atoms with Gasteiger partial charge in [0.05, 0.1) is 0 Å². The summed E-state index contributed by atoms with van der Waals surface area (Å²) in [5.41, 5.74) is 0.841. The first kappa shape index (κ1) is 13.1. The van der Waals surface area contributed by atoms with E-state index >= 15 is 0 Å². The van der Waals surface area contributed by atoms with Crippen molar-refractivity contribution in [2.45, 2.75) is 45.1 Å². The maximum atomic E-state index is 12.4. The summed E-state index contributed by atoms with van der Waals surface area (Å²) in [7, 11) is 0. The highest BCUT2D eigenvalue weighted by Gasteiger charge is 2.48. The molecule has 4 aliphatic carbocycles. The average molecular weight is 286 g/mol. The summed E-state index contributed by atoms with van der Waals surface area (Å²) >= 11 is 0. The molecule has 1 heterocycles. The number of nitrogens with one attached hydrogen (secondary N) is 2. The van der Waals surface area contributed by atoms with Gasteiger partial charge in [-0.05, 0) is 62.7 Å². The van der Waals surface area contributed by atoms with E-state index < -0.39 is 0 Å². The molecule has 0 atom stereocenters. The predicted molar refractivity (Wildman–Crippen MR) is 80.1 cm³/mol. The highest BCUT2D eigenvalue weighted by Crippen LogP contribution is 2.53. The lowest BCUT2D eigenvalue weighted by atomic mass is 9.54. The van der Waals surface area contributed by atoms with Crippen LogP contribution < -0.4 is 10.7 Å². The zero-order chi connectivity index (χ0) is 14.6. The molecule has 0 unspecified atom stereocenters. The molecule has 0 spiro atoms. The minimum Gasteiger partial charge on any atom is -0.364 e. The van der Waals surface area contributed by atoms with Gasteiger partial charge >= 0.3 is 0 Å². The number of aromatic amines is 1. The van der Waals surface area contributed by atoms with Crippen LogP contribution in [0, 0.1) is 30.6 Å². The molecule has 1 aromatic rings. The number of hydrogen-bond donors (Lipinski definition) is 2. The quantitative estimate of drug-likeness (QED) is 0.876. The van der Waals surface area contributed by atoms with Gasteiger partial charge in [-0.2, -0.15) is 0 Å². The molecule has 112 valence electrons. The molecular weight excluding hydrogens is 264 g/mol. The van der Waals surface area contributed by atoms with Crippen molar-refractivity contribution >= 4 is 5.91 Å². The maximum absolute atomic E-state index is 12.4. The number of pyridine rings is 1. The van der Waals surface area contributed by atoms with Crippen LogP contribution in [-0.2, 0) is 0 Å². The van der Waals surface area contributed by atoms with E-state index in [0.717, 1.165) is 17.5 Å².